The average Bonchev–Trinajstić information content (AvgIpc) is 2.44. The lowest BCUT2D eigenvalue weighted by molar-refractivity contribution is -0.137. The number of carboxylic acid groups (broad SMARTS) is 1. The lowest BCUT2D eigenvalue weighted by Crippen LogP contribution is -2.51. The van der Waals surface area contributed by atoms with Crippen LogP contribution in [0.5, 0.6) is 0 Å². The molecule has 1 fully saturated rings. The van der Waals surface area contributed by atoms with Crippen LogP contribution in [0.2, 0.25) is 0 Å². The van der Waals surface area contributed by atoms with Crippen LogP contribution in [0.3, 0.4) is 0 Å². The molecule has 0 bridgehead atoms. The molecular weight excluding hydrogens is 272 g/mol. The molecular formula is C15H28N2O4. The monoisotopic (exact) mass is 300 g/mol. The van der Waals surface area contributed by atoms with E-state index in [9.17, 15) is 9.59 Å². The van der Waals surface area contributed by atoms with Crippen LogP contribution >= 0.6 is 0 Å². The first kappa shape index (κ1) is 17.8. The van der Waals surface area contributed by atoms with Crippen LogP contribution in [0.15, 0.2) is 0 Å². The van der Waals surface area contributed by atoms with Gasteiger partial charge in [-0.15, -0.1) is 0 Å². The van der Waals surface area contributed by atoms with Gasteiger partial charge in [0.05, 0.1) is 12.5 Å². The van der Waals surface area contributed by atoms with Crippen LogP contribution in [-0.2, 0) is 9.53 Å². The molecule has 1 saturated heterocycles. The molecule has 0 aromatic carbocycles. The smallest absolute Gasteiger partial charge is 0.317 e. The highest BCUT2D eigenvalue weighted by molar-refractivity contribution is 5.76. The highest BCUT2D eigenvalue weighted by Crippen LogP contribution is 2.15. The quantitative estimate of drug-likeness (QED) is 0.754. The van der Waals surface area contributed by atoms with Crippen molar-refractivity contribution in [1.82, 2.24) is 10.2 Å². The number of carbonyl (C=O) groups is 2. The predicted octanol–water partition coefficient (Wildman–Crippen LogP) is 2.09. The van der Waals surface area contributed by atoms with Gasteiger partial charge in [0, 0.05) is 25.7 Å². The van der Waals surface area contributed by atoms with Crippen LogP contribution in [0.1, 0.15) is 46.5 Å². The van der Waals surface area contributed by atoms with Gasteiger partial charge in [0.1, 0.15) is 0 Å². The summed E-state index contributed by atoms with van der Waals surface area (Å²) in [5, 5.41) is 11.8. The van der Waals surface area contributed by atoms with Gasteiger partial charge < -0.3 is 20.1 Å². The molecule has 0 aromatic heterocycles. The van der Waals surface area contributed by atoms with Gasteiger partial charge in [0.2, 0.25) is 0 Å². The minimum absolute atomic E-state index is 0.0486. The first-order chi connectivity index (χ1) is 9.93. The lowest BCUT2D eigenvalue weighted by atomic mass is 10.0. The van der Waals surface area contributed by atoms with Gasteiger partial charge in [-0.1, -0.05) is 20.8 Å². The maximum Gasteiger partial charge on any atom is 0.317 e. The number of hydrogen-bond donors (Lipinski definition) is 2. The van der Waals surface area contributed by atoms with Crippen molar-refractivity contribution in [3.63, 3.8) is 0 Å². The highest BCUT2D eigenvalue weighted by atomic mass is 16.5. The van der Waals surface area contributed by atoms with Crippen LogP contribution in [-0.4, -0.2) is 53.8 Å². The Balaban J connectivity index is 2.50. The fraction of sp³-hybridized carbons (Fsp3) is 0.867. The summed E-state index contributed by atoms with van der Waals surface area (Å²) in [6.07, 6.45) is 2.92. The van der Waals surface area contributed by atoms with Gasteiger partial charge in [-0.2, -0.15) is 0 Å². The minimum Gasteiger partial charge on any atom is -0.481 e. The molecule has 6 heteroatoms. The van der Waals surface area contributed by atoms with Crippen LogP contribution < -0.4 is 5.32 Å². The molecule has 2 unspecified atom stereocenters. The zero-order valence-corrected chi connectivity index (χ0v) is 13.3. The summed E-state index contributed by atoms with van der Waals surface area (Å²) in [4.78, 5) is 24.9. The van der Waals surface area contributed by atoms with Gasteiger partial charge in [-0.05, 0) is 25.2 Å². The third-order valence-corrected chi connectivity index (χ3v) is 3.73. The molecule has 0 aromatic rings. The maximum absolute atomic E-state index is 12.3. The van der Waals surface area contributed by atoms with Crippen molar-refractivity contribution in [2.24, 2.45) is 5.92 Å². The fourth-order valence-corrected chi connectivity index (χ4v) is 2.43. The SMILES string of the molecule is CCCOC1CCCN(C(=O)NC(CC(=O)O)C(C)C)C1. The Morgan fingerprint density at radius 2 is 2.14 bits per heavy atom. The van der Waals surface area contributed by atoms with E-state index in [1.807, 2.05) is 13.8 Å². The van der Waals surface area contributed by atoms with Gasteiger partial charge in [-0.3, -0.25) is 4.79 Å². The number of carbonyl (C=O) groups excluding carboxylic acids is 1. The number of urea groups is 1. The lowest BCUT2D eigenvalue weighted by Gasteiger charge is -2.34. The standard InChI is InChI=1S/C15H28N2O4/c1-4-8-21-12-6-5-7-17(10-12)15(20)16-13(11(2)3)9-14(18)19/h11-13H,4-10H2,1-3H3,(H,16,20)(H,18,19). The molecule has 0 radical (unpaired) electrons. The number of hydrogen-bond acceptors (Lipinski definition) is 3. The molecule has 21 heavy (non-hydrogen) atoms. The zero-order chi connectivity index (χ0) is 15.8. The van der Waals surface area contributed by atoms with Crippen molar-refractivity contribution in [3.05, 3.63) is 0 Å². The molecule has 0 saturated carbocycles. The first-order valence-corrected chi connectivity index (χ1v) is 7.82. The normalized spacial score (nSPS) is 20.4. The number of likely N-dealkylation sites (tertiary alicyclic amines) is 1. The van der Waals surface area contributed by atoms with E-state index in [0.717, 1.165) is 19.3 Å². The van der Waals surface area contributed by atoms with Crippen LogP contribution in [0.25, 0.3) is 0 Å². The molecule has 1 rings (SSSR count). The molecule has 1 aliphatic rings. The molecule has 0 spiro atoms. The van der Waals surface area contributed by atoms with E-state index in [1.165, 1.54) is 0 Å². The van der Waals surface area contributed by atoms with E-state index in [-0.39, 0.29) is 30.5 Å². The fourth-order valence-electron chi connectivity index (χ4n) is 2.43. The Morgan fingerprint density at radius 1 is 1.43 bits per heavy atom. The molecule has 1 aliphatic heterocycles. The Kier molecular flexibility index (Phi) is 7.50. The Hall–Kier alpha value is -1.30. The number of carboxylic acids is 1. The summed E-state index contributed by atoms with van der Waals surface area (Å²) >= 11 is 0. The second-order valence-electron chi connectivity index (χ2n) is 5.98. The number of piperidine rings is 1. The van der Waals surface area contributed by atoms with Crippen molar-refractivity contribution >= 4 is 12.0 Å². The van der Waals surface area contributed by atoms with Gasteiger partial charge >= 0.3 is 12.0 Å². The third-order valence-electron chi connectivity index (χ3n) is 3.73. The Bertz CT molecular complexity index is 347. The van der Waals surface area contributed by atoms with E-state index < -0.39 is 5.97 Å². The molecule has 0 aliphatic carbocycles. The van der Waals surface area contributed by atoms with Crippen LogP contribution in [0, 0.1) is 5.92 Å². The first-order valence-electron chi connectivity index (χ1n) is 7.82. The Labute approximate surface area is 126 Å². The number of nitrogens with one attached hydrogen (secondary N) is 1. The summed E-state index contributed by atoms with van der Waals surface area (Å²) < 4.78 is 5.71. The summed E-state index contributed by atoms with van der Waals surface area (Å²) in [6, 6.07) is -0.522. The minimum atomic E-state index is -0.892. The average molecular weight is 300 g/mol. The molecule has 2 amide bonds. The number of aliphatic carboxylic acids is 1. The molecule has 6 nitrogen and oxygen atoms in total. The topological polar surface area (TPSA) is 78.9 Å². The summed E-state index contributed by atoms with van der Waals surface area (Å²) in [5.41, 5.74) is 0. The molecule has 1 heterocycles. The third kappa shape index (κ3) is 6.33. The van der Waals surface area contributed by atoms with Gasteiger partial charge in [0.15, 0.2) is 0 Å². The van der Waals surface area contributed by atoms with Crippen molar-refractivity contribution in [3.8, 4) is 0 Å². The van der Waals surface area contributed by atoms with Crippen molar-refractivity contribution in [1.29, 1.82) is 0 Å². The maximum atomic E-state index is 12.3. The van der Waals surface area contributed by atoms with Crippen molar-refractivity contribution in [2.45, 2.75) is 58.6 Å². The summed E-state index contributed by atoms with van der Waals surface area (Å²) in [6.45, 7) is 7.90. The molecule has 122 valence electrons. The second-order valence-corrected chi connectivity index (χ2v) is 5.98. The summed E-state index contributed by atoms with van der Waals surface area (Å²) in [5.74, 6) is -0.807. The van der Waals surface area contributed by atoms with E-state index in [4.69, 9.17) is 9.84 Å². The van der Waals surface area contributed by atoms with Gasteiger partial charge in [0.25, 0.3) is 0 Å². The van der Waals surface area contributed by atoms with E-state index in [1.54, 1.807) is 4.90 Å². The second kappa shape index (κ2) is 8.87. The predicted molar refractivity (Wildman–Crippen MR) is 80.2 cm³/mol. The number of rotatable bonds is 7. The molecule has 2 N–H and O–H groups in total. The number of ether oxygens (including phenoxy) is 1. The number of amides is 2. The molecule has 2 atom stereocenters. The van der Waals surface area contributed by atoms with E-state index in [2.05, 4.69) is 12.2 Å². The van der Waals surface area contributed by atoms with Crippen molar-refractivity contribution < 1.29 is 19.4 Å². The van der Waals surface area contributed by atoms with Gasteiger partial charge in [-0.25, -0.2) is 4.79 Å². The van der Waals surface area contributed by atoms with Crippen molar-refractivity contribution in [2.75, 3.05) is 19.7 Å². The summed E-state index contributed by atoms with van der Waals surface area (Å²) in [7, 11) is 0. The highest BCUT2D eigenvalue weighted by Gasteiger charge is 2.27. The Morgan fingerprint density at radius 3 is 2.71 bits per heavy atom. The largest absolute Gasteiger partial charge is 0.481 e. The number of nitrogens with zero attached hydrogens (tertiary/aromatic N) is 1. The van der Waals surface area contributed by atoms with Crippen LogP contribution in [0.4, 0.5) is 4.79 Å². The zero-order valence-electron chi connectivity index (χ0n) is 13.3. The van der Waals surface area contributed by atoms with E-state index >= 15 is 0 Å². The van der Waals surface area contributed by atoms with E-state index in [0.29, 0.717) is 19.7 Å².